The number of fused-ring (bicyclic) bond motifs is 1. The number of carbonyl (C=O) groups is 2. The van der Waals surface area contributed by atoms with Gasteiger partial charge in [-0.15, -0.1) is 0 Å². The van der Waals surface area contributed by atoms with E-state index < -0.39 is 0 Å². The lowest BCUT2D eigenvalue weighted by molar-refractivity contribution is -0.117. The molecule has 0 aliphatic heterocycles. The standard InChI is InChI=1S/C19H19NO2/c1-13(21)14-9-11-16(12-10-14)20-19(22)18-8-4-6-15-5-2-3-7-17(15)18/h2-3,5,7,9-12,18H,4,6,8H2,1H3,(H,20,22)/t18-/m1/s1. The molecule has 0 bridgehead atoms. The average Bonchev–Trinajstić information content (AvgIpc) is 2.54. The van der Waals surface area contributed by atoms with Crippen molar-refractivity contribution in [1.82, 2.24) is 0 Å². The molecule has 1 atom stereocenters. The number of Topliss-reactive ketones (excluding diaryl/α,β-unsaturated/α-hetero) is 1. The topological polar surface area (TPSA) is 46.2 Å². The van der Waals surface area contributed by atoms with E-state index in [0.717, 1.165) is 30.5 Å². The van der Waals surface area contributed by atoms with E-state index in [2.05, 4.69) is 17.4 Å². The number of benzene rings is 2. The van der Waals surface area contributed by atoms with Crippen molar-refractivity contribution >= 4 is 17.4 Å². The van der Waals surface area contributed by atoms with Gasteiger partial charge in [-0.3, -0.25) is 9.59 Å². The summed E-state index contributed by atoms with van der Waals surface area (Å²) in [5.74, 6) is -0.0285. The van der Waals surface area contributed by atoms with Crippen LogP contribution in [0.4, 0.5) is 5.69 Å². The van der Waals surface area contributed by atoms with Gasteiger partial charge in [0.25, 0.3) is 0 Å². The van der Waals surface area contributed by atoms with Crippen LogP contribution in [0.5, 0.6) is 0 Å². The number of amides is 1. The number of hydrogen-bond acceptors (Lipinski definition) is 2. The van der Waals surface area contributed by atoms with E-state index in [1.807, 2.05) is 12.1 Å². The molecule has 1 aliphatic rings. The van der Waals surface area contributed by atoms with Gasteiger partial charge >= 0.3 is 0 Å². The summed E-state index contributed by atoms with van der Waals surface area (Å²) in [6, 6.07) is 15.2. The molecule has 112 valence electrons. The van der Waals surface area contributed by atoms with E-state index in [9.17, 15) is 9.59 Å². The summed E-state index contributed by atoms with van der Waals surface area (Å²) in [6.45, 7) is 1.53. The lowest BCUT2D eigenvalue weighted by Gasteiger charge is -2.24. The summed E-state index contributed by atoms with van der Waals surface area (Å²) in [7, 11) is 0. The highest BCUT2D eigenvalue weighted by molar-refractivity contribution is 5.97. The van der Waals surface area contributed by atoms with Crippen LogP contribution >= 0.6 is 0 Å². The summed E-state index contributed by atoms with van der Waals surface area (Å²) in [5, 5.41) is 2.97. The van der Waals surface area contributed by atoms with Gasteiger partial charge in [-0.1, -0.05) is 24.3 Å². The fraction of sp³-hybridized carbons (Fsp3) is 0.263. The second kappa shape index (κ2) is 6.14. The molecular weight excluding hydrogens is 274 g/mol. The fourth-order valence-corrected chi connectivity index (χ4v) is 3.04. The summed E-state index contributed by atoms with van der Waals surface area (Å²) >= 11 is 0. The van der Waals surface area contributed by atoms with E-state index in [1.165, 1.54) is 12.5 Å². The molecule has 3 nitrogen and oxygen atoms in total. The van der Waals surface area contributed by atoms with Crippen molar-refractivity contribution in [2.75, 3.05) is 5.32 Å². The number of rotatable bonds is 3. The molecule has 0 radical (unpaired) electrons. The Morgan fingerprint density at radius 2 is 1.77 bits per heavy atom. The molecule has 1 N–H and O–H groups in total. The number of aryl methyl sites for hydroxylation is 1. The van der Waals surface area contributed by atoms with Crippen molar-refractivity contribution in [1.29, 1.82) is 0 Å². The molecule has 2 aromatic rings. The van der Waals surface area contributed by atoms with E-state index in [4.69, 9.17) is 0 Å². The Kier molecular flexibility index (Phi) is 4.05. The Balaban J connectivity index is 1.76. The van der Waals surface area contributed by atoms with E-state index in [1.54, 1.807) is 24.3 Å². The Labute approximate surface area is 130 Å². The van der Waals surface area contributed by atoms with Gasteiger partial charge < -0.3 is 5.32 Å². The minimum absolute atomic E-state index is 0.0269. The molecule has 0 saturated heterocycles. The van der Waals surface area contributed by atoms with Gasteiger partial charge in [-0.2, -0.15) is 0 Å². The highest BCUT2D eigenvalue weighted by atomic mass is 16.2. The first-order valence-corrected chi connectivity index (χ1v) is 7.65. The molecule has 0 spiro atoms. The minimum atomic E-state index is -0.0857. The van der Waals surface area contributed by atoms with Crippen LogP contribution in [0.1, 0.15) is 47.2 Å². The van der Waals surface area contributed by atoms with E-state index >= 15 is 0 Å². The predicted molar refractivity (Wildman–Crippen MR) is 87.2 cm³/mol. The van der Waals surface area contributed by atoms with Crippen molar-refractivity contribution in [2.24, 2.45) is 0 Å². The third-order valence-electron chi connectivity index (χ3n) is 4.24. The van der Waals surface area contributed by atoms with Crippen LogP contribution < -0.4 is 5.32 Å². The van der Waals surface area contributed by atoms with Gasteiger partial charge in [0.05, 0.1) is 5.92 Å². The highest BCUT2D eigenvalue weighted by Crippen LogP contribution is 2.32. The monoisotopic (exact) mass is 293 g/mol. The smallest absolute Gasteiger partial charge is 0.231 e. The van der Waals surface area contributed by atoms with Crippen LogP contribution in [-0.2, 0) is 11.2 Å². The maximum atomic E-state index is 12.6. The SMILES string of the molecule is CC(=O)c1ccc(NC(=O)[C@@H]2CCCc3ccccc32)cc1. The second-order valence-electron chi connectivity index (χ2n) is 5.77. The average molecular weight is 293 g/mol. The van der Waals surface area contributed by atoms with Crippen LogP contribution in [-0.4, -0.2) is 11.7 Å². The van der Waals surface area contributed by atoms with Crippen LogP contribution in [0.3, 0.4) is 0 Å². The fourth-order valence-electron chi connectivity index (χ4n) is 3.04. The van der Waals surface area contributed by atoms with Crippen LogP contribution in [0, 0.1) is 0 Å². The summed E-state index contributed by atoms with van der Waals surface area (Å²) in [4.78, 5) is 23.8. The molecule has 2 aromatic carbocycles. The van der Waals surface area contributed by atoms with Crippen molar-refractivity contribution < 1.29 is 9.59 Å². The Morgan fingerprint density at radius 3 is 2.50 bits per heavy atom. The van der Waals surface area contributed by atoms with Crippen LogP contribution in [0.2, 0.25) is 0 Å². The Hall–Kier alpha value is -2.42. The lowest BCUT2D eigenvalue weighted by atomic mass is 9.82. The zero-order chi connectivity index (χ0) is 15.5. The number of hydrogen-bond donors (Lipinski definition) is 1. The van der Waals surface area contributed by atoms with E-state index in [-0.39, 0.29) is 17.6 Å². The summed E-state index contributed by atoms with van der Waals surface area (Å²) < 4.78 is 0. The van der Waals surface area contributed by atoms with Gasteiger partial charge in [-0.25, -0.2) is 0 Å². The molecule has 0 unspecified atom stereocenters. The maximum Gasteiger partial charge on any atom is 0.231 e. The molecule has 1 aliphatic carbocycles. The number of nitrogens with one attached hydrogen (secondary N) is 1. The molecule has 0 saturated carbocycles. The first-order chi connectivity index (χ1) is 10.6. The largest absolute Gasteiger partial charge is 0.326 e. The predicted octanol–water partition coefficient (Wildman–Crippen LogP) is 3.95. The van der Waals surface area contributed by atoms with E-state index in [0.29, 0.717) is 5.56 Å². The minimum Gasteiger partial charge on any atom is -0.326 e. The van der Waals surface area contributed by atoms with Gasteiger partial charge in [0, 0.05) is 11.3 Å². The first-order valence-electron chi connectivity index (χ1n) is 7.65. The Bertz CT molecular complexity index is 704. The van der Waals surface area contributed by atoms with Crippen LogP contribution in [0.25, 0.3) is 0 Å². The highest BCUT2D eigenvalue weighted by Gasteiger charge is 2.26. The molecule has 22 heavy (non-hydrogen) atoms. The van der Waals surface area contributed by atoms with Crippen molar-refractivity contribution in [3.63, 3.8) is 0 Å². The molecule has 3 rings (SSSR count). The van der Waals surface area contributed by atoms with Gasteiger partial charge in [0.2, 0.25) is 5.91 Å². The van der Waals surface area contributed by atoms with Gasteiger partial charge in [0.15, 0.2) is 5.78 Å². The molecule has 1 amide bonds. The Morgan fingerprint density at radius 1 is 1.05 bits per heavy atom. The van der Waals surface area contributed by atoms with Crippen LogP contribution in [0.15, 0.2) is 48.5 Å². The number of anilines is 1. The molecule has 3 heteroatoms. The van der Waals surface area contributed by atoms with Crippen molar-refractivity contribution in [3.05, 3.63) is 65.2 Å². The molecule has 0 fully saturated rings. The second-order valence-corrected chi connectivity index (χ2v) is 5.77. The zero-order valence-electron chi connectivity index (χ0n) is 12.6. The zero-order valence-corrected chi connectivity index (χ0v) is 12.6. The number of ketones is 1. The third kappa shape index (κ3) is 2.93. The quantitative estimate of drug-likeness (QED) is 0.871. The summed E-state index contributed by atoms with van der Waals surface area (Å²) in [6.07, 6.45) is 2.97. The molecule has 0 aromatic heterocycles. The normalized spacial score (nSPS) is 16.7. The third-order valence-corrected chi connectivity index (χ3v) is 4.24. The molecule has 0 heterocycles. The summed E-state index contributed by atoms with van der Waals surface area (Å²) in [5.41, 5.74) is 3.81. The maximum absolute atomic E-state index is 12.6. The lowest BCUT2D eigenvalue weighted by Crippen LogP contribution is -2.24. The van der Waals surface area contributed by atoms with Crippen molar-refractivity contribution in [3.8, 4) is 0 Å². The van der Waals surface area contributed by atoms with Crippen molar-refractivity contribution in [2.45, 2.75) is 32.1 Å². The van der Waals surface area contributed by atoms with Gasteiger partial charge in [0.1, 0.15) is 0 Å². The first kappa shape index (κ1) is 14.5. The van der Waals surface area contributed by atoms with Gasteiger partial charge in [-0.05, 0) is 61.6 Å². The number of carbonyl (C=O) groups excluding carboxylic acids is 2. The molecular formula is C19H19NO2.